The van der Waals surface area contributed by atoms with Crippen molar-refractivity contribution in [3.8, 4) is 5.75 Å². The summed E-state index contributed by atoms with van der Waals surface area (Å²) in [7, 11) is 1.63. The molecule has 0 aliphatic carbocycles. The van der Waals surface area contributed by atoms with Crippen molar-refractivity contribution in [2.45, 2.75) is 12.1 Å². The van der Waals surface area contributed by atoms with Crippen LogP contribution in [0.25, 0.3) is 0 Å². The summed E-state index contributed by atoms with van der Waals surface area (Å²) >= 11 is 0. The first-order valence-electron chi connectivity index (χ1n) is 4.41. The molecule has 14 heavy (non-hydrogen) atoms. The Bertz CT molecular complexity index is 385. The molecule has 0 saturated heterocycles. The molecule has 0 fully saturated rings. The lowest BCUT2D eigenvalue weighted by molar-refractivity contribution is 0.414. The van der Waals surface area contributed by atoms with E-state index in [1.54, 1.807) is 13.3 Å². The normalized spacial score (nSPS) is 17.6. The molecule has 1 aromatic rings. The van der Waals surface area contributed by atoms with Crippen molar-refractivity contribution in [1.29, 1.82) is 0 Å². The number of aliphatic imine (C=N–C) groups is 1. The van der Waals surface area contributed by atoms with Gasteiger partial charge >= 0.3 is 0 Å². The van der Waals surface area contributed by atoms with Crippen molar-refractivity contribution in [1.82, 2.24) is 0 Å². The first kappa shape index (κ1) is 9.18. The van der Waals surface area contributed by atoms with E-state index in [0.717, 1.165) is 17.0 Å². The SMILES string of the molecule is COc1ccc2c(c1)CC(N)(N)C=N2. The van der Waals surface area contributed by atoms with Gasteiger partial charge in [-0.25, -0.2) is 0 Å². The average Bonchev–Trinajstić information content (AvgIpc) is 2.15. The number of nitrogens with zero attached hydrogens (tertiary/aromatic N) is 1. The number of hydrogen-bond donors (Lipinski definition) is 2. The molecule has 0 bridgehead atoms. The second-order valence-corrected chi connectivity index (χ2v) is 3.54. The quantitative estimate of drug-likeness (QED) is 0.637. The van der Waals surface area contributed by atoms with E-state index in [-0.39, 0.29) is 0 Å². The predicted octanol–water partition coefficient (Wildman–Crippen LogP) is 0.567. The van der Waals surface area contributed by atoms with Gasteiger partial charge in [-0.05, 0) is 23.8 Å². The van der Waals surface area contributed by atoms with Crippen LogP contribution in [0, 0.1) is 0 Å². The van der Waals surface area contributed by atoms with Crippen LogP contribution < -0.4 is 16.2 Å². The van der Waals surface area contributed by atoms with Gasteiger partial charge in [-0.2, -0.15) is 0 Å². The van der Waals surface area contributed by atoms with Gasteiger partial charge in [0.1, 0.15) is 11.4 Å². The predicted molar refractivity (Wildman–Crippen MR) is 56.0 cm³/mol. The second-order valence-electron chi connectivity index (χ2n) is 3.54. The van der Waals surface area contributed by atoms with Crippen LogP contribution in [0.15, 0.2) is 23.2 Å². The third-order valence-corrected chi connectivity index (χ3v) is 2.23. The van der Waals surface area contributed by atoms with Gasteiger partial charge in [0.2, 0.25) is 0 Å². The van der Waals surface area contributed by atoms with Gasteiger partial charge in [0.15, 0.2) is 0 Å². The largest absolute Gasteiger partial charge is 0.497 e. The van der Waals surface area contributed by atoms with Gasteiger partial charge < -0.3 is 16.2 Å². The van der Waals surface area contributed by atoms with E-state index in [1.165, 1.54) is 0 Å². The van der Waals surface area contributed by atoms with Crippen molar-refractivity contribution in [3.63, 3.8) is 0 Å². The zero-order valence-electron chi connectivity index (χ0n) is 8.03. The highest BCUT2D eigenvalue weighted by Crippen LogP contribution is 2.28. The Morgan fingerprint density at radius 2 is 2.21 bits per heavy atom. The van der Waals surface area contributed by atoms with Gasteiger partial charge in [-0.3, -0.25) is 4.99 Å². The van der Waals surface area contributed by atoms with Crippen LogP contribution in [0.2, 0.25) is 0 Å². The number of rotatable bonds is 1. The summed E-state index contributed by atoms with van der Waals surface area (Å²) in [6.07, 6.45) is 2.17. The second kappa shape index (κ2) is 3.08. The molecular weight excluding hydrogens is 178 g/mol. The number of benzene rings is 1. The molecule has 4 heteroatoms. The molecule has 0 radical (unpaired) electrons. The summed E-state index contributed by atoms with van der Waals surface area (Å²) in [5.74, 6) is 0.802. The van der Waals surface area contributed by atoms with Crippen LogP contribution in [0.4, 0.5) is 5.69 Å². The van der Waals surface area contributed by atoms with Crippen molar-refractivity contribution in [2.75, 3.05) is 7.11 Å². The van der Waals surface area contributed by atoms with E-state index >= 15 is 0 Å². The fraction of sp³-hybridized carbons (Fsp3) is 0.300. The van der Waals surface area contributed by atoms with Crippen molar-refractivity contribution >= 4 is 11.9 Å². The molecule has 1 heterocycles. The number of fused-ring (bicyclic) bond motifs is 1. The van der Waals surface area contributed by atoms with Crippen molar-refractivity contribution in [2.24, 2.45) is 16.5 Å². The maximum atomic E-state index is 5.77. The Labute approximate surface area is 82.6 Å². The minimum absolute atomic E-state index is 0.586. The van der Waals surface area contributed by atoms with Crippen molar-refractivity contribution < 1.29 is 4.74 Å². The fourth-order valence-corrected chi connectivity index (χ4v) is 1.52. The number of methoxy groups -OCH3 is 1. The molecule has 0 amide bonds. The van der Waals surface area contributed by atoms with E-state index in [2.05, 4.69) is 4.99 Å². The highest BCUT2D eigenvalue weighted by molar-refractivity contribution is 5.77. The van der Waals surface area contributed by atoms with Crippen molar-refractivity contribution in [3.05, 3.63) is 23.8 Å². The Morgan fingerprint density at radius 1 is 1.43 bits per heavy atom. The van der Waals surface area contributed by atoms with E-state index < -0.39 is 5.66 Å². The monoisotopic (exact) mass is 191 g/mol. The Kier molecular flexibility index (Phi) is 2.02. The third-order valence-electron chi connectivity index (χ3n) is 2.23. The highest BCUT2D eigenvalue weighted by Gasteiger charge is 2.22. The van der Waals surface area contributed by atoms with Gasteiger partial charge in [0.25, 0.3) is 0 Å². The first-order valence-corrected chi connectivity index (χ1v) is 4.41. The first-order chi connectivity index (χ1) is 6.61. The van der Waals surface area contributed by atoms with Crippen LogP contribution in [0.3, 0.4) is 0 Å². The Balaban J connectivity index is 2.42. The molecule has 4 N–H and O–H groups in total. The molecule has 0 atom stereocenters. The molecule has 1 aliphatic rings. The number of nitrogens with two attached hydrogens (primary N) is 2. The topological polar surface area (TPSA) is 73.6 Å². The minimum Gasteiger partial charge on any atom is -0.497 e. The van der Waals surface area contributed by atoms with E-state index in [1.807, 2.05) is 18.2 Å². The van der Waals surface area contributed by atoms with E-state index in [9.17, 15) is 0 Å². The Morgan fingerprint density at radius 3 is 2.93 bits per heavy atom. The smallest absolute Gasteiger partial charge is 0.119 e. The van der Waals surface area contributed by atoms with Crippen LogP contribution in [0.1, 0.15) is 5.56 Å². The molecule has 1 aliphatic heterocycles. The number of hydrogen-bond acceptors (Lipinski definition) is 4. The summed E-state index contributed by atoms with van der Waals surface area (Å²) in [6, 6.07) is 5.69. The fourth-order valence-electron chi connectivity index (χ4n) is 1.52. The molecule has 1 aromatic carbocycles. The molecular formula is C10H13N3O. The van der Waals surface area contributed by atoms with Gasteiger partial charge in [0.05, 0.1) is 12.8 Å². The molecule has 74 valence electrons. The van der Waals surface area contributed by atoms with Crippen LogP contribution >= 0.6 is 0 Å². The lowest BCUT2D eigenvalue weighted by atomic mass is 9.98. The van der Waals surface area contributed by atoms with Gasteiger partial charge in [-0.15, -0.1) is 0 Å². The molecule has 0 spiro atoms. The maximum absolute atomic E-state index is 5.77. The molecule has 0 saturated carbocycles. The molecule has 2 rings (SSSR count). The average molecular weight is 191 g/mol. The standard InChI is InChI=1S/C10H13N3O/c1-14-8-2-3-9-7(4-8)5-10(11,12)6-13-9/h2-4,6H,5,11-12H2,1H3. The van der Waals surface area contributed by atoms with Crippen LogP contribution in [-0.4, -0.2) is 19.0 Å². The molecule has 0 unspecified atom stereocenters. The third kappa shape index (κ3) is 1.62. The summed E-state index contributed by atoms with van der Waals surface area (Å²) in [6.45, 7) is 0. The zero-order valence-corrected chi connectivity index (χ0v) is 8.03. The van der Waals surface area contributed by atoms with Gasteiger partial charge in [-0.1, -0.05) is 0 Å². The van der Waals surface area contributed by atoms with Crippen LogP contribution in [0.5, 0.6) is 5.75 Å². The number of ether oxygens (including phenoxy) is 1. The zero-order chi connectivity index (χ0) is 10.2. The summed E-state index contributed by atoms with van der Waals surface area (Å²) in [5, 5.41) is 0. The summed E-state index contributed by atoms with van der Waals surface area (Å²) < 4.78 is 5.11. The summed E-state index contributed by atoms with van der Waals surface area (Å²) in [4.78, 5) is 4.19. The van der Waals surface area contributed by atoms with E-state index in [4.69, 9.17) is 16.2 Å². The lowest BCUT2D eigenvalue weighted by Gasteiger charge is -2.24. The van der Waals surface area contributed by atoms with E-state index in [0.29, 0.717) is 6.42 Å². The minimum atomic E-state index is -0.834. The molecule has 4 nitrogen and oxygen atoms in total. The lowest BCUT2D eigenvalue weighted by Crippen LogP contribution is -2.53. The highest BCUT2D eigenvalue weighted by atomic mass is 16.5. The molecule has 0 aromatic heterocycles. The maximum Gasteiger partial charge on any atom is 0.119 e. The Hall–Kier alpha value is -1.39. The summed E-state index contributed by atoms with van der Waals surface area (Å²) in [5.41, 5.74) is 12.6. The van der Waals surface area contributed by atoms with Gasteiger partial charge in [0, 0.05) is 12.6 Å². The van der Waals surface area contributed by atoms with Crippen LogP contribution in [-0.2, 0) is 6.42 Å².